The summed E-state index contributed by atoms with van der Waals surface area (Å²) >= 11 is 0. The molecule has 1 saturated carbocycles. The fourth-order valence-corrected chi connectivity index (χ4v) is 3.92. The van der Waals surface area contributed by atoms with Crippen molar-refractivity contribution in [3.8, 4) is 0 Å². The first-order chi connectivity index (χ1) is 12.6. The SMILES string of the molecule is CCCCC(=O)[C@H]1C(=O)CCCC1=NCCc1c(C)[nH]c2ccccc12. The van der Waals surface area contributed by atoms with E-state index in [1.165, 1.54) is 16.6 Å². The molecule has 0 radical (unpaired) electrons. The highest BCUT2D eigenvalue weighted by Gasteiger charge is 2.33. The number of hydrogen-bond acceptors (Lipinski definition) is 3. The van der Waals surface area contributed by atoms with Gasteiger partial charge in [-0.3, -0.25) is 14.6 Å². The van der Waals surface area contributed by atoms with Crippen molar-refractivity contribution in [2.45, 2.75) is 58.8 Å². The van der Waals surface area contributed by atoms with Gasteiger partial charge in [0, 0.05) is 41.7 Å². The third-order valence-electron chi connectivity index (χ3n) is 5.31. The van der Waals surface area contributed by atoms with Crippen LogP contribution in [0.3, 0.4) is 0 Å². The highest BCUT2D eigenvalue weighted by molar-refractivity contribution is 6.22. The molecular formula is C22H28N2O2. The van der Waals surface area contributed by atoms with Gasteiger partial charge < -0.3 is 4.98 Å². The molecule has 4 heteroatoms. The van der Waals surface area contributed by atoms with Crippen molar-refractivity contribution < 1.29 is 9.59 Å². The van der Waals surface area contributed by atoms with Crippen LogP contribution in [0.2, 0.25) is 0 Å². The average molecular weight is 352 g/mol. The first-order valence-corrected chi connectivity index (χ1v) is 9.76. The Labute approximate surface area is 155 Å². The molecule has 4 nitrogen and oxygen atoms in total. The van der Waals surface area contributed by atoms with Crippen LogP contribution >= 0.6 is 0 Å². The zero-order valence-corrected chi connectivity index (χ0v) is 15.8. The summed E-state index contributed by atoms with van der Waals surface area (Å²) in [7, 11) is 0. The quantitative estimate of drug-likeness (QED) is 0.741. The summed E-state index contributed by atoms with van der Waals surface area (Å²) in [6.45, 7) is 4.78. The van der Waals surface area contributed by atoms with Crippen LogP contribution < -0.4 is 0 Å². The van der Waals surface area contributed by atoms with Crippen LogP contribution in [0.25, 0.3) is 10.9 Å². The molecule has 1 aliphatic carbocycles. The van der Waals surface area contributed by atoms with Gasteiger partial charge in [0.05, 0.1) is 0 Å². The lowest BCUT2D eigenvalue weighted by atomic mass is 9.81. The van der Waals surface area contributed by atoms with Crippen LogP contribution in [0.5, 0.6) is 0 Å². The molecule has 0 aliphatic heterocycles. The van der Waals surface area contributed by atoms with Gasteiger partial charge in [-0.2, -0.15) is 0 Å². The monoisotopic (exact) mass is 352 g/mol. The van der Waals surface area contributed by atoms with E-state index >= 15 is 0 Å². The molecule has 138 valence electrons. The van der Waals surface area contributed by atoms with Crippen LogP contribution in [0.4, 0.5) is 0 Å². The third kappa shape index (κ3) is 3.95. The molecule has 1 aromatic carbocycles. The number of unbranched alkanes of at least 4 members (excludes halogenated alkanes) is 1. The van der Waals surface area contributed by atoms with Crippen molar-refractivity contribution in [1.29, 1.82) is 0 Å². The molecule has 3 rings (SSSR count). The number of ketones is 2. The summed E-state index contributed by atoms with van der Waals surface area (Å²) < 4.78 is 0. The van der Waals surface area contributed by atoms with Crippen molar-refractivity contribution >= 4 is 28.2 Å². The van der Waals surface area contributed by atoms with Gasteiger partial charge in [-0.05, 0) is 44.2 Å². The minimum atomic E-state index is -0.570. The third-order valence-corrected chi connectivity index (χ3v) is 5.31. The topological polar surface area (TPSA) is 62.3 Å². The molecule has 0 unspecified atom stereocenters. The lowest BCUT2D eigenvalue weighted by molar-refractivity contribution is -0.130. The number of H-pyrrole nitrogens is 1. The number of carbonyl (C=O) groups excluding carboxylic acids is 2. The molecule has 1 N–H and O–H groups in total. The fraction of sp³-hybridized carbons (Fsp3) is 0.500. The van der Waals surface area contributed by atoms with Crippen LogP contribution in [0.1, 0.15) is 56.7 Å². The number of nitrogens with zero attached hydrogens (tertiary/aromatic N) is 1. The highest BCUT2D eigenvalue weighted by atomic mass is 16.1. The van der Waals surface area contributed by atoms with Gasteiger partial charge in [-0.25, -0.2) is 0 Å². The summed E-state index contributed by atoms with van der Waals surface area (Å²) in [6, 6.07) is 8.29. The Kier molecular flexibility index (Phi) is 6.02. The molecule has 2 aromatic rings. The molecule has 0 spiro atoms. The van der Waals surface area contributed by atoms with Gasteiger partial charge in [-0.15, -0.1) is 0 Å². The predicted molar refractivity (Wildman–Crippen MR) is 106 cm³/mol. The van der Waals surface area contributed by atoms with E-state index in [0.717, 1.165) is 43.3 Å². The summed E-state index contributed by atoms with van der Waals surface area (Å²) in [5, 5.41) is 1.24. The van der Waals surface area contributed by atoms with Gasteiger partial charge in [0.25, 0.3) is 0 Å². The van der Waals surface area contributed by atoms with Gasteiger partial charge in [0.15, 0.2) is 0 Å². The molecule has 1 aromatic heterocycles. The normalized spacial score (nSPS) is 19.4. The van der Waals surface area contributed by atoms with E-state index in [1.54, 1.807) is 0 Å². The summed E-state index contributed by atoms with van der Waals surface area (Å²) in [6.07, 6.45) is 5.26. The van der Waals surface area contributed by atoms with Crippen molar-refractivity contribution in [2.24, 2.45) is 10.9 Å². The van der Waals surface area contributed by atoms with E-state index in [-0.39, 0.29) is 11.6 Å². The molecule has 1 atom stereocenters. The molecule has 0 amide bonds. The molecule has 1 fully saturated rings. The van der Waals surface area contributed by atoms with E-state index in [2.05, 4.69) is 31.0 Å². The van der Waals surface area contributed by atoms with E-state index in [9.17, 15) is 9.59 Å². The van der Waals surface area contributed by atoms with Crippen LogP contribution in [-0.2, 0) is 16.0 Å². The van der Waals surface area contributed by atoms with Crippen molar-refractivity contribution in [3.05, 3.63) is 35.5 Å². The van der Waals surface area contributed by atoms with E-state index < -0.39 is 5.92 Å². The maximum absolute atomic E-state index is 12.5. The molecule has 1 aliphatic rings. The average Bonchev–Trinajstić information content (AvgIpc) is 2.95. The molecule has 26 heavy (non-hydrogen) atoms. The predicted octanol–water partition coefficient (Wildman–Crippen LogP) is 4.59. The van der Waals surface area contributed by atoms with Gasteiger partial charge in [0.2, 0.25) is 0 Å². The highest BCUT2D eigenvalue weighted by Crippen LogP contribution is 2.24. The zero-order valence-electron chi connectivity index (χ0n) is 15.8. The lowest BCUT2D eigenvalue weighted by Crippen LogP contribution is -2.35. The Morgan fingerprint density at radius 2 is 2.08 bits per heavy atom. The molecule has 0 saturated heterocycles. The van der Waals surface area contributed by atoms with Gasteiger partial charge in [-0.1, -0.05) is 31.5 Å². The Morgan fingerprint density at radius 3 is 2.88 bits per heavy atom. The van der Waals surface area contributed by atoms with Gasteiger partial charge in [0.1, 0.15) is 17.5 Å². The van der Waals surface area contributed by atoms with Crippen molar-refractivity contribution in [3.63, 3.8) is 0 Å². The zero-order chi connectivity index (χ0) is 18.5. The number of aryl methyl sites for hydroxylation is 1. The van der Waals surface area contributed by atoms with Crippen LogP contribution in [-0.4, -0.2) is 28.8 Å². The number of rotatable bonds is 7. The maximum atomic E-state index is 12.5. The van der Waals surface area contributed by atoms with Crippen molar-refractivity contribution in [1.82, 2.24) is 4.98 Å². The Hall–Kier alpha value is -2.23. The number of aliphatic imine (C=N–C) groups is 1. The number of aromatic amines is 1. The Balaban J connectivity index is 1.74. The van der Waals surface area contributed by atoms with Crippen LogP contribution in [0, 0.1) is 12.8 Å². The summed E-state index contributed by atoms with van der Waals surface area (Å²) in [4.78, 5) is 33.0. The first-order valence-electron chi connectivity index (χ1n) is 9.76. The van der Waals surface area contributed by atoms with Crippen molar-refractivity contribution in [2.75, 3.05) is 6.54 Å². The number of nitrogens with one attached hydrogen (secondary N) is 1. The van der Waals surface area contributed by atoms with Gasteiger partial charge >= 0.3 is 0 Å². The lowest BCUT2D eigenvalue weighted by Gasteiger charge is -2.22. The number of aromatic nitrogens is 1. The van der Waals surface area contributed by atoms with E-state index in [0.29, 0.717) is 19.4 Å². The maximum Gasteiger partial charge on any atom is 0.149 e. The first kappa shape index (κ1) is 18.6. The molecular weight excluding hydrogens is 324 g/mol. The minimum absolute atomic E-state index is 0.0681. The fourth-order valence-electron chi connectivity index (χ4n) is 3.92. The Morgan fingerprint density at radius 1 is 1.27 bits per heavy atom. The molecule has 1 heterocycles. The minimum Gasteiger partial charge on any atom is -0.358 e. The second-order valence-corrected chi connectivity index (χ2v) is 7.22. The number of carbonyl (C=O) groups is 2. The number of para-hydroxylation sites is 1. The smallest absolute Gasteiger partial charge is 0.149 e. The second-order valence-electron chi connectivity index (χ2n) is 7.22. The van der Waals surface area contributed by atoms with Crippen LogP contribution in [0.15, 0.2) is 29.3 Å². The largest absolute Gasteiger partial charge is 0.358 e. The number of benzene rings is 1. The van der Waals surface area contributed by atoms with E-state index in [4.69, 9.17) is 4.99 Å². The number of Topliss-reactive ketones (excluding diaryl/α,β-unsaturated/α-hetero) is 2. The number of fused-ring (bicyclic) bond motifs is 1. The second kappa shape index (κ2) is 8.43. The summed E-state index contributed by atoms with van der Waals surface area (Å²) in [5.41, 5.74) is 4.41. The molecule has 0 bridgehead atoms. The summed E-state index contributed by atoms with van der Waals surface area (Å²) in [5.74, 6) is -0.433. The standard InChI is InChI=1S/C22H28N2O2/c1-3-4-11-20(25)22-19(10-7-12-21(22)26)23-14-13-16-15(2)24-18-9-6-5-8-17(16)18/h5-6,8-9,22,24H,3-4,7,10-14H2,1-2H3/t22-/m0/s1. The van der Waals surface area contributed by atoms with E-state index in [1.807, 2.05) is 12.1 Å². The number of hydrogen-bond donors (Lipinski definition) is 1. The Bertz CT molecular complexity index is 832.